The Bertz CT molecular complexity index is 1440. The molecule has 0 saturated carbocycles. The number of rotatable bonds is 62. The van der Waals surface area contributed by atoms with E-state index in [0.717, 1.165) is 96.3 Å². The molecule has 6 heteroatoms. The number of unbranched alkanes of at least 4 members (excludes halogenated alkanes) is 39. The minimum Gasteiger partial charge on any atom is -0.462 e. The maximum absolute atomic E-state index is 12.9. The standard InChI is InChI=1S/C72H128O6/c1-4-7-10-13-16-19-22-25-28-31-33-35-36-38-39-41-44-47-50-53-56-59-62-65-71(74)77-68-69(67-76-70(73)64-61-58-55-52-49-46-43-30-27-24-21-18-15-12-9-6-3)78-72(75)66-63-60-57-54-51-48-45-42-40-37-34-32-29-26-23-20-17-14-11-8-5-2/h21-22,24-25,30-34,36,38,43,69H,4-20,23,26-29,35,37,39-42,44-68H2,1-3H3/b24-21-,25-22-,33-31-,34-32-,38-36-,43-30-. The van der Waals surface area contributed by atoms with Crippen molar-refractivity contribution in [1.29, 1.82) is 0 Å². The van der Waals surface area contributed by atoms with Crippen LogP contribution in [-0.4, -0.2) is 37.2 Å². The lowest BCUT2D eigenvalue weighted by Gasteiger charge is -2.18. The van der Waals surface area contributed by atoms with Gasteiger partial charge in [-0.25, -0.2) is 0 Å². The van der Waals surface area contributed by atoms with Crippen LogP contribution in [0.3, 0.4) is 0 Å². The lowest BCUT2D eigenvalue weighted by atomic mass is 10.1. The SMILES string of the molecule is CCCCCC/C=C\C/C=C\CCCCCCCC(=O)OCC(COC(=O)CCCCCCCCCC/C=C\C/C=C\C/C=C\CCCCCCC)OC(=O)CCCCCCCCCCC/C=C\CCCCCCCCCC. The van der Waals surface area contributed by atoms with Crippen LogP contribution in [0, 0.1) is 0 Å². The summed E-state index contributed by atoms with van der Waals surface area (Å²) in [4.78, 5) is 38.4. The first-order chi connectivity index (χ1) is 38.5. The van der Waals surface area contributed by atoms with Gasteiger partial charge in [-0.3, -0.25) is 14.4 Å². The normalized spacial score (nSPS) is 12.5. The maximum Gasteiger partial charge on any atom is 0.306 e. The van der Waals surface area contributed by atoms with Gasteiger partial charge in [-0.15, -0.1) is 0 Å². The van der Waals surface area contributed by atoms with Gasteiger partial charge in [0.25, 0.3) is 0 Å². The molecule has 0 aromatic heterocycles. The summed E-state index contributed by atoms with van der Waals surface area (Å²) in [5, 5.41) is 0. The van der Waals surface area contributed by atoms with Crippen LogP contribution >= 0.6 is 0 Å². The largest absolute Gasteiger partial charge is 0.462 e. The van der Waals surface area contributed by atoms with Gasteiger partial charge in [0.2, 0.25) is 0 Å². The highest BCUT2D eigenvalue weighted by atomic mass is 16.6. The molecule has 1 unspecified atom stereocenters. The first-order valence-corrected chi connectivity index (χ1v) is 33.9. The van der Waals surface area contributed by atoms with Gasteiger partial charge in [-0.1, -0.05) is 286 Å². The van der Waals surface area contributed by atoms with Gasteiger partial charge in [0.15, 0.2) is 6.10 Å². The van der Waals surface area contributed by atoms with Crippen molar-refractivity contribution in [3.63, 3.8) is 0 Å². The summed E-state index contributed by atoms with van der Waals surface area (Å²) in [5.41, 5.74) is 0. The van der Waals surface area contributed by atoms with Crippen LogP contribution < -0.4 is 0 Å². The molecule has 1 atom stereocenters. The summed E-state index contributed by atoms with van der Waals surface area (Å²) in [7, 11) is 0. The molecule has 0 amide bonds. The van der Waals surface area contributed by atoms with Crippen LogP contribution in [-0.2, 0) is 28.6 Å². The lowest BCUT2D eigenvalue weighted by molar-refractivity contribution is -0.167. The number of carbonyl (C=O) groups is 3. The van der Waals surface area contributed by atoms with Gasteiger partial charge in [-0.2, -0.15) is 0 Å². The summed E-state index contributed by atoms with van der Waals surface area (Å²) in [6.45, 7) is 6.64. The van der Waals surface area contributed by atoms with Gasteiger partial charge in [0.05, 0.1) is 0 Å². The first-order valence-electron chi connectivity index (χ1n) is 33.9. The van der Waals surface area contributed by atoms with E-state index in [1.807, 2.05) is 0 Å². The van der Waals surface area contributed by atoms with Crippen molar-refractivity contribution in [2.45, 2.75) is 354 Å². The van der Waals surface area contributed by atoms with E-state index >= 15 is 0 Å². The Morgan fingerprint density at radius 3 is 0.744 bits per heavy atom. The molecule has 452 valence electrons. The predicted molar refractivity (Wildman–Crippen MR) is 339 cm³/mol. The topological polar surface area (TPSA) is 78.9 Å². The third-order valence-corrected chi connectivity index (χ3v) is 14.9. The van der Waals surface area contributed by atoms with Crippen molar-refractivity contribution in [2.75, 3.05) is 13.2 Å². The fourth-order valence-corrected chi connectivity index (χ4v) is 9.77. The molecule has 0 aliphatic rings. The Balaban J connectivity index is 4.38. The second-order valence-corrected chi connectivity index (χ2v) is 22.7. The monoisotopic (exact) mass is 1090 g/mol. The Hall–Kier alpha value is -3.15. The van der Waals surface area contributed by atoms with Crippen LogP contribution in [0.1, 0.15) is 348 Å². The number of allylic oxidation sites excluding steroid dienone is 12. The Morgan fingerprint density at radius 1 is 0.256 bits per heavy atom. The molecule has 78 heavy (non-hydrogen) atoms. The predicted octanol–water partition coefficient (Wildman–Crippen LogP) is 23.3. The third-order valence-electron chi connectivity index (χ3n) is 14.9. The van der Waals surface area contributed by atoms with E-state index in [4.69, 9.17) is 14.2 Å². The highest BCUT2D eigenvalue weighted by molar-refractivity contribution is 5.71. The second kappa shape index (κ2) is 66.4. The molecule has 0 saturated heterocycles. The molecule has 0 aliphatic heterocycles. The van der Waals surface area contributed by atoms with E-state index in [-0.39, 0.29) is 31.1 Å². The molecule has 0 aromatic carbocycles. The van der Waals surface area contributed by atoms with Crippen molar-refractivity contribution < 1.29 is 28.6 Å². The van der Waals surface area contributed by atoms with Gasteiger partial charge < -0.3 is 14.2 Å². The van der Waals surface area contributed by atoms with Gasteiger partial charge in [0.1, 0.15) is 13.2 Å². The Kier molecular flexibility index (Phi) is 63.7. The zero-order valence-corrected chi connectivity index (χ0v) is 51.9. The van der Waals surface area contributed by atoms with Gasteiger partial charge in [0, 0.05) is 19.3 Å². The second-order valence-electron chi connectivity index (χ2n) is 22.7. The van der Waals surface area contributed by atoms with E-state index in [1.54, 1.807) is 0 Å². The fourth-order valence-electron chi connectivity index (χ4n) is 9.77. The molecule has 6 nitrogen and oxygen atoms in total. The first kappa shape index (κ1) is 74.8. The minimum atomic E-state index is -0.788. The zero-order valence-electron chi connectivity index (χ0n) is 51.9. The quantitative estimate of drug-likeness (QED) is 0.0261. The Morgan fingerprint density at radius 2 is 0.462 bits per heavy atom. The molecule has 0 spiro atoms. The highest BCUT2D eigenvalue weighted by Crippen LogP contribution is 2.16. The van der Waals surface area contributed by atoms with Crippen molar-refractivity contribution >= 4 is 17.9 Å². The minimum absolute atomic E-state index is 0.0833. The van der Waals surface area contributed by atoms with E-state index in [0.29, 0.717) is 19.3 Å². The van der Waals surface area contributed by atoms with E-state index in [1.165, 1.54) is 212 Å². The summed E-state index contributed by atoms with van der Waals surface area (Å²) < 4.78 is 17.0. The number of hydrogen-bond donors (Lipinski definition) is 0. The average molecular weight is 1090 g/mol. The van der Waals surface area contributed by atoms with E-state index in [2.05, 4.69) is 93.7 Å². The van der Waals surface area contributed by atoms with Crippen LogP contribution in [0.15, 0.2) is 72.9 Å². The van der Waals surface area contributed by atoms with Gasteiger partial charge in [-0.05, 0) is 116 Å². The summed E-state index contributed by atoms with van der Waals surface area (Å²) >= 11 is 0. The van der Waals surface area contributed by atoms with Crippen LogP contribution in [0.4, 0.5) is 0 Å². The molecule has 0 radical (unpaired) electrons. The van der Waals surface area contributed by atoms with Crippen molar-refractivity contribution in [3.8, 4) is 0 Å². The van der Waals surface area contributed by atoms with Crippen LogP contribution in [0.2, 0.25) is 0 Å². The molecule has 0 heterocycles. The average Bonchev–Trinajstić information content (AvgIpc) is 3.44. The summed E-state index contributed by atoms with van der Waals surface area (Å²) in [6, 6.07) is 0. The number of ether oxygens (including phenoxy) is 3. The maximum atomic E-state index is 12.9. The van der Waals surface area contributed by atoms with Crippen LogP contribution in [0.25, 0.3) is 0 Å². The van der Waals surface area contributed by atoms with Crippen LogP contribution in [0.5, 0.6) is 0 Å². The molecule has 0 aliphatic carbocycles. The van der Waals surface area contributed by atoms with Gasteiger partial charge >= 0.3 is 17.9 Å². The molecular weight excluding hydrogens is 961 g/mol. The van der Waals surface area contributed by atoms with Crippen molar-refractivity contribution in [2.24, 2.45) is 0 Å². The lowest BCUT2D eigenvalue weighted by Crippen LogP contribution is -2.30. The highest BCUT2D eigenvalue weighted by Gasteiger charge is 2.19. The van der Waals surface area contributed by atoms with Crippen molar-refractivity contribution in [3.05, 3.63) is 72.9 Å². The fraction of sp³-hybridized carbons (Fsp3) is 0.792. The molecule has 0 N–H and O–H groups in total. The van der Waals surface area contributed by atoms with E-state index in [9.17, 15) is 14.4 Å². The number of carbonyl (C=O) groups excluding carboxylic acids is 3. The zero-order chi connectivity index (χ0) is 56.4. The summed E-state index contributed by atoms with van der Waals surface area (Å²) in [6.07, 6.45) is 86.2. The molecule has 0 bridgehead atoms. The number of hydrogen-bond acceptors (Lipinski definition) is 6. The molecular formula is C72H128O6. The Labute approximate surface area is 484 Å². The molecule has 0 aromatic rings. The van der Waals surface area contributed by atoms with E-state index < -0.39 is 6.10 Å². The van der Waals surface area contributed by atoms with Crippen molar-refractivity contribution in [1.82, 2.24) is 0 Å². The molecule has 0 rings (SSSR count). The summed E-state index contributed by atoms with van der Waals surface area (Å²) in [5.74, 6) is -0.889. The smallest absolute Gasteiger partial charge is 0.306 e. The number of esters is 3. The molecule has 0 fully saturated rings. The third kappa shape index (κ3) is 63.7.